The van der Waals surface area contributed by atoms with Crippen molar-refractivity contribution in [3.63, 3.8) is 0 Å². The second-order valence-corrected chi connectivity index (χ2v) is 10.2. The lowest BCUT2D eigenvalue weighted by atomic mass is 10.0. The van der Waals surface area contributed by atoms with Gasteiger partial charge in [0.15, 0.2) is 5.69 Å². The first-order valence-corrected chi connectivity index (χ1v) is 12.7. The maximum absolute atomic E-state index is 13.0. The monoisotopic (exact) mass is 522 g/mol. The summed E-state index contributed by atoms with van der Waals surface area (Å²) < 4.78 is 34.8. The number of ether oxygens (including phenoxy) is 1. The molecule has 4 rings (SSSR count). The summed E-state index contributed by atoms with van der Waals surface area (Å²) in [6.07, 6.45) is 5.85. The van der Waals surface area contributed by atoms with Crippen LogP contribution in [0.1, 0.15) is 16.1 Å². The number of hydrogen-bond donors (Lipinski definition) is 1. The van der Waals surface area contributed by atoms with Crippen molar-refractivity contribution in [1.29, 1.82) is 0 Å². The van der Waals surface area contributed by atoms with E-state index in [1.807, 2.05) is 6.92 Å². The molecule has 3 aromatic carbocycles. The predicted molar refractivity (Wildman–Crippen MR) is 140 cm³/mol. The van der Waals surface area contributed by atoms with E-state index in [1.54, 1.807) is 67.7 Å². The van der Waals surface area contributed by atoms with E-state index >= 15 is 0 Å². The maximum Gasteiger partial charge on any atom is 0.263 e. The number of nitrogens with one attached hydrogen (secondary N) is 1. The van der Waals surface area contributed by atoms with Crippen molar-refractivity contribution in [2.24, 2.45) is 0 Å². The van der Waals surface area contributed by atoms with Crippen LogP contribution in [0.4, 0.5) is 5.69 Å². The van der Waals surface area contributed by atoms with E-state index in [-0.39, 0.29) is 27.3 Å². The number of nitrogens with zero attached hydrogens (tertiary/aromatic N) is 3. The maximum atomic E-state index is 13.0. The van der Waals surface area contributed by atoms with Gasteiger partial charge < -0.3 is 9.64 Å². The fourth-order valence-corrected chi connectivity index (χ4v) is 5.09. The molecule has 0 spiro atoms. The van der Waals surface area contributed by atoms with Gasteiger partial charge in [0, 0.05) is 49.5 Å². The number of aromatic nitrogens is 2. The Balaban J connectivity index is 1.76. The Morgan fingerprint density at radius 2 is 1.75 bits per heavy atom. The Kier molecular flexibility index (Phi) is 7.23. The van der Waals surface area contributed by atoms with Crippen molar-refractivity contribution >= 4 is 43.9 Å². The Morgan fingerprint density at radius 3 is 2.50 bits per heavy atom. The summed E-state index contributed by atoms with van der Waals surface area (Å²) in [7, 11) is -0.349. The highest BCUT2D eigenvalue weighted by molar-refractivity contribution is 7.92. The molecule has 1 aromatic heterocycles. The lowest BCUT2D eigenvalue weighted by Gasteiger charge is -2.16. The van der Waals surface area contributed by atoms with Crippen LogP contribution in [0.25, 0.3) is 10.8 Å². The number of aryl methyl sites for hydroxylation is 1. The molecule has 4 aromatic rings. The van der Waals surface area contributed by atoms with Crippen molar-refractivity contribution < 1.29 is 17.9 Å². The van der Waals surface area contributed by atoms with Gasteiger partial charge >= 0.3 is 0 Å². The van der Waals surface area contributed by atoms with Crippen molar-refractivity contribution in [3.05, 3.63) is 95.5 Å². The predicted octanol–water partition coefficient (Wildman–Crippen LogP) is 5.44. The normalized spacial score (nSPS) is 11.6. The number of sulfonamides is 1. The number of allylic oxidation sites excluding steroid dienone is 1. The molecule has 0 atom stereocenters. The van der Waals surface area contributed by atoms with Crippen molar-refractivity contribution in [2.75, 3.05) is 18.8 Å². The Hall–Kier alpha value is -3.95. The van der Waals surface area contributed by atoms with Crippen LogP contribution in [0, 0.1) is 6.92 Å². The number of benzene rings is 3. The lowest BCUT2D eigenvalue weighted by Crippen LogP contribution is -2.13. The van der Waals surface area contributed by atoms with E-state index in [1.165, 1.54) is 30.6 Å². The molecule has 0 fully saturated rings. The van der Waals surface area contributed by atoms with Crippen LogP contribution in [-0.2, 0) is 10.0 Å². The fourth-order valence-electron chi connectivity index (χ4n) is 3.49. The van der Waals surface area contributed by atoms with E-state index in [9.17, 15) is 13.2 Å². The van der Waals surface area contributed by atoms with Crippen LogP contribution < -0.4 is 9.46 Å². The van der Waals surface area contributed by atoms with Crippen LogP contribution in [0.3, 0.4) is 0 Å². The Bertz CT molecular complexity index is 1590. The van der Waals surface area contributed by atoms with Gasteiger partial charge in [-0.25, -0.2) is 18.4 Å². The standard InChI is InChI=1S/C26H23ClN4O4S/c1-17-11-12-18-19(7-6-9-21(18)30-36(33,34)23-10-5-4-8-20(23)27)25(17)35-26-24(28-14-15-29-26)22(32)13-16-31(2)3/h4-16,30H,1-3H3/b16-13-. The van der Waals surface area contributed by atoms with E-state index in [0.717, 1.165) is 5.56 Å². The van der Waals surface area contributed by atoms with Gasteiger partial charge in [-0.05, 0) is 30.7 Å². The average molecular weight is 523 g/mol. The fraction of sp³-hybridized carbons (Fsp3) is 0.115. The minimum Gasteiger partial charge on any atom is -0.436 e. The van der Waals surface area contributed by atoms with Gasteiger partial charge in [-0.15, -0.1) is 0 Å². The average Bonchev–Trinajstić information content (AvgIpc) is 2.84. The van der Waals surface area contributed by atoms with Gasteiger partial charge in [-0.3, -0.25) is 9.52 Å². The van der Waals surface area contributed by atoms with E-state index < -0.39 is 10.0 Å². The minimum atomic E-state index is -3.95. The molecule has 184 valence electrons. The number of fused-ring (bicyclic) bond motifs is 1. The summed E-state index contributed by atoms with van der Waals surface area (Å²) >= 11 is 6.12. The minimum absolute atomic E-state index is 0.0271. The van der Waals surface area contributed by atoms with Gasteiger partial charge in [0.1, 0.15) is 10.6 Å². The van der Waals surface area contributed by atoms with Crippen LogP contribution in [0.5, 0.6) is 11.6 Å². The SMILES string of the molecule is Cc1ccc2c(NS(=O)(=O)c3ccccc3Cl)cccc2c1Oc1nccnc1C(=O)/C=C\N(C)C. The third kappa shape index (κ3) is 5.32. The third-order valence-corrected chi connectivity index (χ3v) is 7.07. The molecule has 1 heterocycles. The first-order valence-electron chi connectivity index (χ1n) is 10.8. The third-order valence-electron chi connectivity index (χ3n) is 5.20. The van der Waals surface area contributed by atoms with Crippen LogP contribution >= 0.6 is 11.6 Å². The molecule has 0 saturated heterocycles. The second-order valence-electron chi connectivity index (χ2n) is 8.10. The number of carbonyl (C=O) groups is 1. The van der Waals surface area contributed by atoms with Crippen LogP contribution in [0.2, 0.25) is 5.02 Å². The molecule has 0 aliphatic carbocycles. The van der Waals surface area contributed by atoms with Crippen LogP contribution in [0.15, 0.2) is 84.2 Å². The van der Waals surface area contributed by atoms with E-state index in [0.29, 0.717) is 22.2 Å². The zero-order chi connectivity index (χ0) is 25.9. The molecule has 0 bridgehead atoms. The van der Waals surface area contributed by atoms with Crippen LogP contribution in [-0.4, -0.2) is 43.2 Å². The van der Waals surface area contributed by atoms with Gasteiger partial charge in [0.05, 0.1) is 10.7 Å². The first kappa shape index (κ1) is 25.2. The van der Waals surface area contributed by atoms with Gasteiger partial charge in [0.25, 0.3) is 10.0 Å². The molecule has 0 aliphatic heterocycles. The number of carbonyl (C=O) groups excluding carboxylic acids is 1. The molecule has 1 N–H and O–H groups in total. The summed E-state index contributed by atoms with van der Waals surface area (Å²) in [5.74, 6) is 0.110. The van der Waals surface area contributed by atoms with Crippen molar-refractivity contribution in [2.45, 2.75) is 11.8 Å². The molecule has 0 aliphatic rings. The molecule has 8 nitrogen and oxygen atoms in total. The zero-order valence-corrected chi connectivity index (χ0v) is 21.3. The molecule has 0 unspecified atom stereocenters. The van der Waals surface area contributed by atoms with E-state index in [2.05, 4.69) is 14.7 Å². The van der Waals surface area contributed by atoms with Gasteiger partial charge in [-0.1, -0.05) is 48.0 Å². The topological polar surface area (TPSA) is 101 Å². The summed E-state index contributed by atoms with van der Waals surface area (Å²) in [5.41, 5.74) is 1.17. The molecule has 0 saturated carbocycles. The quantitative estimate of drug-likeness (QED) is 0.243. The highest BCUT2D eigenvalue weighted by Crippen LogP contribution is 2.37. The summed E-state index contributed by atoms with van der Waals surface area (Å²) in [6.45, 7) is 1.85. The smallest absolute Gasteiger partial charge is 0.263 e. The number of ketones is 1. The highest BCUT2D eigenvalue weighted by atomic mass is 35.5. The number of anilines is 1. The molecular weight excluding hydrogens is 500 g/mol. The van der Waals surface area contributed by atoms with Gasteiger partial charge in [-0.2, -0.15) is 0 Å². The Morgan fingerprint density at radius 1 is 1.00 bits per heavy atom. The molecular formula is C26H23ClN4O4S. The zero-order valence-electron chi connectivity index (χ0n) is 19.8. The van der Waals surface area contributed by atoms with Crippen molar-refractivity contribution in [1.82, 2.24) is 14.9 Å². The molecule has 0 amide bonds. The summed E-state index contributed by atoms with van der Waals surface area (Å²) in [5, 5.41) is 1.34. The first-order chi connectivity index (χ1) is 17.2. The molecule has 10 heteroatoms. The largest absolute Gasteiger partial charge is 0.436 e. The van der Waals surface area contributed by atoms with Crippen molar-refractivity contribution in [3.8, 4) is 11.6 Å². The number of halogens is 1. The number of rotatable bonds is 8. The molecule has 0 radical (unpaired) electrons. The van der Waals surface area contributed by atoms with E-state index in [4.69, 9.17) is 16.3 Å². The summed E-state index contributed by atoms with van der Waals surface area (Å²) in [6, 6.07) is 15.0. The number of hydrogen-bond acceptors (Lipinski definition) is 7. The Labute approximate surface area is 214 Å². The molecule has 36 heavy (non-hydrogen) atoms. The second kappa shape index (κ2) is 10.3. The van der Waals surface area contributed by atoms with Gasteiger partial charge in [0.2, 0.25) is 11.7 Å². The lowest BCUT2D eigenvalue weighted by molar-refractivity contribution is 0.103. The summed E-state index contributed by atoms with van der Waals surface area (Å²) in [4.78, 5) is 22.8. The highest BCUT2D eigenvalue weighted by Gasteiger charge is 2.21.